The van der Waals surface area contributed by atoms with Gasteiger partial charge in [0.15, 0.2) is 5.78 Å². The molecule has 3 aliphatic rings. The van der Waals surface area contributed by atoms with Crippen LogP contribution in [-0.2, 0) is 19.3 Å². The first-order valence-corrected chi connectivity index (χ1v) is 10.8. The molecule has 1 fully saturated rings. The molecule has 0 saturated heterocycles. The third-order valence-corrected chi connectivity index (χ3v) is 7.96. The number of benzene rings is 1. The lowest BCUT2D eigenvalue weighted by molar-refractivity contribution is 0.0842. The zero-order chi connectivity index (χ0) is 19.5. The molecule has 4 unspecified atom stereocenters. The van der Waals surface area contributed by atoms with Crippen molar-refractivity contribution in [3.8, 4) is 0 Å². The summed E-state index contributed by atoms with van der Waals surface area (Å²) < 4.78 is 0. The Morgan fingerprint density at radius 3 is 2.86 bits per heavy atom. The van der Waals surface area contributed by atoms with Crippen LogP contribution in [0, 0.1) is 23.2 Å². The van der Waals surface area contributed by atoms with E-state index in [2.05, 4.69) is 42.1 Å². The number of ketones is 1. The molecule has 0 radical (unpaired) electrons. The van der Waals surface area contributed by atoms with Crippen LogP contribution in [0.3, 0.4) is 0 Å². The lowest BCUT2D eigenvalue weighted by atomic mass is 9.76. The van der Waals surface area contributed by atoms with Crippen molar-refractivity contribution in [2.24, 2.45) is 23.2 Å². The molecule has 0 aliphatic heterocycles. The van der Waals surface area contributed by atoms with Crippen LogP contribution in [0.4, 0.5) is 11.5 Å². The summed E-state index contributed by atoms with van der Waals surface area (Å²) in [6.07, 6.45) is 8.22. The quantitative estimate of drug-likeness (QED) is 0.786. The van der Waals surface area contributed by atoms with E-state index in [9.17, 15) is 4.79 Å². The number of fused-ring (bicyclic) bond motifs is 2. The van der Waals surface area contributed by atoms with E-state index >= 15 is 0 Å². The smallest absolute Gasteiger partial charge is 0.166 e. The summed E-state index contributed by atoms with van der Waals surface area (Å²) in [6, 6.07) is 6.21. The fourth-order valence-corrected chi connectivity index (χ4v) is 5.98. The Labute approximate surface area is 167 Å². The van der Waals surface area contributed by atoms with Gasteiger partial charge in [-0.3, -0.25) is 4.79 Å². The number of rotatable bonds is 5. The lowest BCUT2D eigenvalue weighted by Crippen LogP contribution is -2.27. The van der Waals surface area contributed by atoms with Gasteiger partial charge in [0.1, 0.15) is 12.1 Å². The number of hydrogen-bond acceptors (Lipinski definition) is 4. The zero-order valence-electron chi connectivity index (χ0n) is 17.1. The highest BCUT2D eigenvalue weighted by atomic mass is 16.1. The Kier molecular flexibility index (Phi) is 4.08. The number of aryl methyl sites for hydroxylation is 1. The third-order valence-electron chi connectivity index (χ3n) is 7.96. The number of carbonyl (C=O) groups excluding carboxylic acids is 1. The van der Waals surface area contributed by atoms with Crippen molar-refractivity contribution in [1.29, 1.82) is 0 Å². The average Bonchev–Trinajstić information content (AvgIpc) is 3.03. The van der Waals surface area contributed by atoms with E-state index in [4.69, 9.17) is 0 Å². The summed E-state index contributed by atoms with van der Waals surface area (Å²) in [6.45, 7) is 6.94. The normalized spacial score (nSPS) is 28.8. The highest BCUT2D eigenvalue weighted by Crippen LogP contribution is 2.62. The molecule has 0 spiro atoms. The second-order valence-corrected chi connectivity index (χ2v) is 9.15. The number of nitrogens with zero attached hydrogens (tertiary/aromatic N) is 2. The van der Waals surface area contributed by atoms with Gasteiger partial charge in [0, 0.05) is 28.4 Å². The number of nitrogens with one attached hydrogen (secondary N) is 1. The molecule has 3 aliphatic carbocycles. The van der Waals surface area contributed by atoms with Crippen LogP contribution >= 0.6 is 0 Å². The molecule has 1 saturated carbocycles. The van der Waals surface area contributed by atoms with Crippen molar-refractivity contribution in [3.63, 3.8) is 0 Å². The maximum Gasteiger partial charge on any atom is 0.166 e. The van der Waals surface area contributed by atoms with Crippen LogP contribution in [0.5, 0.6) is 0 Å². The van der Waals surface area contributed by atoms with Crippen LogP contribution < -0.4 is 5.32 Å². The summed E-state index contributed by atoms with van der Waals surface area (Å²) in [5, 5.41) is 3.49. The third kappa shape index (κ3) is 2.61. The molecule has 4 nitrogen and oxygen atoms in total. The number of aromatic nitrogens is 2. The largest absolute Gasteiger partial charge is 0.340 e. The highest BCUT2D eigenvalue weighted by Gasteiger charge is 2.56. The fourth-order valence-electron chi connectivity index (χ4n) is 5.98. The van der Waals surface area contributed by atoms with Crippen molar-refractivity contribution in [2.45, 2.75) is 59.3 Å². The first kappa shape index (κ1) is 17.8. The second kappa shape index (κ2) is 6.40. The highest BCUT2D eigenvalue weighted by molar-refractivity contribution is 6.03. The summed E-state index contributed by atoms with van der Waals surface area (Å²) in [4.78, 5) is 22.0. The minimum absolute atomic E-state index is 0.137. The van der Waals surface area contributed by atoms with Gasteiger partial charge >= 0.3 is 0 Å². The number of anilines is 2. The van der Waals surface area contributed by atoms with Gasteiger partial charge in [-0.15, -0.1) is 0 Å². The molecular formula is C24H29N3O. The molecule has 1 heterocycles. The molecule has 1 N–H and O–H groups in total. The van der Waals surface area contributed by atoms with E-state index in [1.165, 1.54) is 29.7 Å². The first-order valence-electron chi connectivity index (χ1n) is 10.8. The van der Waals surface area contributed by atoms with Crippen LogP contribution in [-0.4, -0.2) is 15.8 Å². The average molecular weight is 376 g/mol. The van der Waals surface area contributed by atoms with Gasteiger partial charge in [-0.05, 0) is 79.5 Å². The molecule has 0 bridgehead atoms. The SMILES string of the molecule is CCC1(C(C)C2Cc3cc(Nc4ncnc5c4CCC5)ccc3C2=O)CC1C. The molecular weight excluding hydrogens is 346 g/mol. The molecule has 5 rings (SSSR count). The second-order valence-electron chi connectivity index (χ2n) is 9.15. The van der Waals surface area contributed by atoms with E-state index in [-0.39, 0.29) is 5.92 Å². The standard InChI is InChI=1S/C24H29N3O/c1-4-24(12-14(24)2)15(3)20-11-16-10-17(8-9-18(16)22(20)28)27-23-19-6-5-7-21(19)25-13-26-23/h8-10,13-15,20H,4-7,11-12H2,1-3H3,(H,25,26,27). The molecule has 28 heavy (non-hydrogen) atoms. The maximum atomic E-state index is 13.1. The Balaban J connectivity index is 1.39. The van der Waals surface area contributed by atoms with E-state index in [1.54, 1.807) is 6.33 Å². The minimum Gasteiger partial charge on any atom is -0.340 e. The van der Waals surface area contributed by atoms with Gasteiger partial charge in [0.25, 0.3) is 0 Å². The van der Waals surface area contributed by atoms with Gasteiger partial charge in [-0.1, -0.05) is 20.8 Å². The van der Waals surface area contributed by atoms with Crippen molar-refractivity contribution >= 4 is 17.3 Å². The van der Waals surface area contributed by atoms with Crippen molar-refractivity contribution in [1.82, 2.24) is 9.97 Å². The minimum atomic E-state index is 0.137. The Morgan fingerprint density at radius 2 is 2.11 bits per heavy atom. The van der Waals surface area contributed by atoms with Gasteiger partial charge in [-0.25, -0.2) is 9.97 Å². The van der Waals surface area contributed by atoms with Crippen molar-refractivity contribution in [2.75, 3.05) is 5.32 Å². The Hall–Kier alpha value is -2.23. The van der Waals surface area contributed by atoms with Crippen LogP contribution in [0.15, 0.2) is 24.5 Å². The summed E-state index contributed by atoms with van der Waals surface area (Å²) in [5.41, 5.74) is 5.94. The summed E-state index contributed by atoms with van der Waals surface area (Å²) in [5.74, 6) is 2.62. The van der Waals surface area contributed by atoms with E-state index < -0.39 is 0 Å². The molecule has 1 aromatic carbocycles. The zero-order valence-corrected chi connectivity index (χ0v) is 17.1. The fraction of sp³-hybridized carbons (Fsp3) is 0.542. The van der Waals surface area contributed by atoms with Gasteiger partial charge in [0.2, 0.25) is 0 Å². The predicted molar refractivity (Wildman–Crippen MR) is 111 cm³/mol. The Bertz CT molecular complexity index is 949. The predicted octanol–water partition coefficient (Wildman–Crippen LogP) is 5.14. The molecule has 2 aromatic rings. The van der Waals surface area contributed by atoms with Crippen LogP contribution in [0.2, 0.25) is 0 Å². The van der Waals surface area contributed by atoms with Gasteiger partial charge < -0.3 is 5.32 Å². The molecule has 4 atom stereocenters. The molecule has 0 amide bonds. The maximum absolute atomic E-state index is 13.1. The van der Waals surface area contributed by atoms with Crippen LogP contribution in [0.1, 0.15) is 67.2 Å². The topological polar surface area (TPSA) is 54.9 Å². The number of hydrogen-bond donors (Lipinski definition) is 1. The van der Waals surface area contributed by atoms with Gasteiger partial charge in [-0.2, -0.15) is 0 Å². The summed E-state index contributed by atoms with van der Waals surface area (Å²) in [7, 11) is 0. The van der Waals surface area contributed by atoms with Gasteiger partial charge in [0.05, 0.1) is 0 Å². The summed E-state index contributed by atoms with van der Waals surface area (Å²) >= 11 is 0. The number of carbonyl (C=O) groups is 1. The molecule has 1 aromatic heterocycles. The molecule has 146 valence electrons. The Morgan fingerprint density at radius 1 is 1.29 bits per heavy atom. The van der Waals surface area contributed by atoms with Crippen molar-refractivity contribution < 1.29 is 4.79 Å². The van der Waals surface area contributed by atoms with E-state index in [0.29, 0.717) is 17.1 Å². The van der Waals surface area contributed by atoms with Crippen molar-refractivity contribution in [3.05, 3.63) is 46.9 Å². The number of Topliss-reactive ketones (excluding diaryl/α,β-unsaturated/α-hetero) is 1. The van der Waals surface area contributed by atoms with E-state index in [1.807, 2.05) is 12.1 Å². The molecule has 4 heteroatoms. The lowest BCUT2D eigenvalue weighted by Gasteiger charge is -2.28. The monoisotopic (exact) mass is 375 g/mol. The van der Waals surface area contributed by atoms with Crippen LogP contribution in [0.25, 0.3) is 0 Å². The van der Waals surface area contributed by atoms with E-state index in [0.717, 1.165) is 48.7 Å². The first-order chi connectivity index (χ1) is 13.5.